The lowest BCUT2D eigenvalue weighted by Crippen LogP contribution is -2.62. The highest BCUT2D eigenvalue weighted by Gasteiger charge is 2.36. The number of aromatic amines is 1. The Morgan fingerprint density at radius 1 is 0.720 bits per heavy atom. The maximum absolute atomic E-state index is 14.7. The second kappa shape index (κ2) is 31.4. The van der Waals surface area contributed by atoms with E-state index in [1.165, 1.54) is 13.8 Å². The van der Waals surface area contributed by atoms with Crippen LogP contribution in [-0.4, -0.2) is 158 Å². The average Bonchev–Trinajstić information content (AvgIpc) is 3.78. The summed E-state index contributed by atoms with van der Waals surface area (Å²) in [6.45, 7) is 3.31. The molecule has 1 aliphatic heterocycles. The summed E-state index contributed by atoms with van der Waals surface area (Å²) in [5, 5.41) is 57.9. The molecule has 22 nitrogen and oxygen atoms in total. The fourth-order valence-electron chi connectivity index (χ4n) is 7.73. The number of para-hydroxylation sites is 1. The van der Waals surface area contributed by atoms with Gasteiger partial charge in [-0.05, 0) is 68.8 Å². The molecule has 10 atom stereocenters. The summed E-state index contributed by atoms with van der Waals surface area (Å²) in [5.41, 5.74) is 15.0. The lowest BCUT2D eigenvalue weighted by molar-refractivity contribution is -0.136. The average molecular weight is 1080 g/mol. The Bertz CT molecular complexity index is 2500. The van der Waals surface area contributed by atoms with Gasteiger partial charge in [0.25, 0.3) is 5.97 Å². The van der Waals surface area contributed by atoms with Crippen molar-refractivity contribution in [1.82, 2.24) is 42.2 Å². The number of amides is 7. The standard InChI is InChI=1S/C49H66N10O10S2.C2H4O2/c1-28(61)39(25-60)56-48(68)41-27-71-70-26-40(57-43(63)34(51)21-30-13-5-3-6-14-30)47(67)54-37(22-31-15-7-4-8-16-31)45(65)55-38(23-32-24-52-35-18-10-9-17-33(32)35)46(66)53-36(19-11-12-20-50)44(64)59-42(29(2)62)49(69)58-41;1-2(3)4/h3-10,13-18,24,28-29,34,36-42,52,60-62H,11-12,19-23,25-27,50-51H2,1-2H3,(H,53,66)(H,54,67)(H,55,65)(H,56,68)(H,57,63)(H,58,69)(H,59,64);1H3,(H,3,4)/t28-,29-,34+,36+,37?,38+,39-,40?,41+,42?;/m1./s1. The summed E-state index contributed by atoms with van der Waals surface area (Å²) in [4.78, 5) is 112. The van der Waals surface area contributed by atoms with Gasteiger partial charge in [-0.1, -0.05) is 100 Å². The first-order valence-corrected chi connectivity index (χ1v) is 26.9. The molecule has 7 amide bonds. The lowest BCUT2D eigenvalue weighted by atomic mass is 10.0. The summed E-state index contributed by atoms with van der Waals surface area (Å²) < 4.78 is 0. The molecule has 5 rings (SSSR count). The molecule has 0 spiro atoms. The number of aromatic nitrogens is 1. The van der Waals surface area contributed by atoms with Gasteiger partial charge in [-0.3, -0.25) is 38.4 Å². The predicted molar refractivity (Wildman–Crippen MR) is 285 cm³/mol. The van der Waals surface area contributed by atoms with E-state index in [1.54, 1.807) is 60.8 Å². The third-order valence-corrected chi connectivity index (χ3v) is 14.3. The summed E-state index contributed by atoms with van der Waals surface area (Å²) in [6.07, 6.45) is -0.156. The van der Waals surface area contributed by atoms with Crippen molar-refractivity contribution in [2.75, 3.05) is 24.7 Å². The van der Waals surface area contributed by atoms with Gasteiger partial charge in [0.2, 0.25) is 41.4 Å². The number of benzene rings is 3. The van der Waals surface area contributed by atoms with E-state index in [-0.39, 0.29) is 43.7 Å². The molecular weight excluding hydrogens is 1010 g/mol. The Kier molecular flexibility index (Phi) is 25.5. The number of aliphatic hydroxyl groups is 3. The molecule has 16 N–H and O–H groups in total. The topological polar surface area (TPSA) is 370 Å². The van der Waals surface area contributed by atoms with Crippen molar-refractivity contribution in [3.63, 3.8) is 0 Å². The normalized spacial score (nSPS) is 21.9. The van der Waals surface area contributed by atoms with E-state index in [4.69, 9.17) is 21.4 Å². The van der Waals surface area contributed by atoms with Crippen LogP contribution in [0.25, 0.3) is 10.9 Å². The number of aliphatic carboxylic acids is 1. The first-order valence-electron chi connectivity index (χ1n) is 24.4. The highest BCUT2D eigenvalue weighted by atomic mass is 33.1. The van der Waals surface area contributed by atoms with Gasteiger partial charge in [0.1, 0.15) is 36.3 Å². The van der Waals surface area contributed by atoms with Gasteiger partial charge < -0.3 is 74.1 Å². The van der Waals surface area contributed by atoms with Gasteiger partial charge >= 0.3 is 0 Å². The van der Waals surface area contributed by atoms with Crippen molar-refractivity contribution >= 4 is 79.8 Å². The summed E-state index contributed by atoms with van der Waals surface area (Å²) in [7, 11) is 2.06. The zero-order valence-electron chi connectivity index (χ0n) is 42.0. The van der Waals surface area contributed by atoms with Crippen LogP contribution < -0.4 is 48.7 Å². The number of fused-ring (bicyclic) bond motifs is 1. The molecule has 0 bridgehead atoms. The van der Waals surface area contributed by atoms with Crippen LogP contribution in [0.4, 0.5) is 0 Å². The number of carbonyl (C=O) groups excluding carboxylic acids is 7. The van der Waals surface area contributed by atoms with Crippen molar-refractivity contribution in [2.45, 2.75) is 120 Å². The Balaban J connectivity index is 0.00000293. The quantitative estimate of drug-likeness (QED) is 0.0459. The number of aliphatic hydroxyl groups excluding tert-OH is 3. The molecule has 3 unspecified atom stereocenters. The molecule has 24 heteroatoms. The van der Waals surface area contributed by atoms with Crippen molar-refractivity contribution in [2.24, 2.45) is 11.5 Å². The highest BCUT2D eigenvalue weighted by Crippen LogP contribution is 2.24. The van der Waals surface area contributed by atoms with E-state index in [0.717, 1.165) is 45.0 Å². The number of H-pyrrole nitrogens is 1. The van der Waals surface area contributed by atoms with Crippen molar-refractivity contribution in [1.29, 1.82) is 0 Å². The summed E-state index contributed by atoms with van der Waals surface area (Å²) >= 11 is 0. The fraction of sp³-hybridized carbons (Fsp3) is 0.451. The van der Waals surface area contributed by atoms with Gasteiger partial charge in [0, 0.05) is 48.4 Å². The molecule has 75 heavy (non-hydrogen) atoms. The number of carboxylic acid groups (broad SMARTS) is 1. The SMILES string of the molecule is CC(=O)O.C[C@@H](O)C1NC(=O)[C@H](CCCCN)NC(=O)[C@H](Cc2c[nH]c3ccccc23)NC(=O)C(Cc2ccccc2)NC(=O)C(NC(=O)[C@@H](N)Cc2ccccc2)CSSC[C@@H](C(=O)N[C@H](CO)[C@@H](C)O)NC1=O. The van der Waals surface area contributed by atoms with Gasteiger partial charge in [-0.15, -0.1) is 0 Å². The van der Waals surface area contributed by atoms with E-state index in [1.807, 2.05) is 30.3 Å². The number of nitrogens with one attached hydrogen (secondary N) is 8. The molecule has 1 aromatic heterocycles. The van der Waals surface area contributed by atoms with Gasteiger partial charge in [0.05, 0.1) is 30.9 Å². The number of carbonyl (C=O) groups is 8. The van der Waals surface area contributed by atoms with Crippen molar-refractivity contribution in [3.05, 3.63) is 108 Å². The van der Waals surface area contributed by atoms with Crippen LogP contribution in [-0.2, 0) is 57.6 Å². The molecule has 3 aromatic carbocycles. The monoisotopic (exact) mass is 1080 g/mol. The molecule has 0 radical (unpaired) electrons. The van der Waals surface area contributed by atoms with Crippen LogP contribution in [0.2, 0.25) is 0 Å². The fourth-order valence-corrected chi connectivity index (χ4v) is 10.1. The Labute approximate surface area is 442 Å². The van der Waals surface area contributed by atoms with Crippen LogP contribution in [0, 0.1) is 0 Å². The van der Waals surface area contributed by atoms with E-state index in [0.29, 0.717) is 24.0 Å². The van der Waals surface area contributed by atoms with Crippen LogP contribution in [0.3, 0.4) is 0 Å². The minimum Gasteiger partial charge on any atom is -0.481 e. The van der Waals surface area contributed by atoms with Gasteiger partial charge in [-0.25, -0.2) is 0 Å². The smallest absolute Gasteiger partial charge is 0.300 e. The Morgan fingerprint density at radius 3 is 1.89 bits per heavy atom. The Morgan fingerprint density at radius 2 is 1.28 bits per heavy atom. The molecule has 408 valence electrons. The number of nitrogens with two attached hydrogens (primary N) is 2. The molecular formula is C51H70N10O12S2. The number of carboxylic acids is 1. The predicted octanol–water partition coefficient (Wildman–Crippen LogP) is -0.714. The number of hydrogen-bond acceptors (Lipinski definition) is 15. The van der Waals surface area contributed by atoms with Crippen LogP contribution in [0.15, 0.2) is 91.1 Å². The van der Waals surface area contributed by atoms with Crippen LogP contribution in [0.1, 0.15) is 56.7 Å². The molecule has 4 aromatic rings. The maximum Gasteiger partial charge on any atom is 0.300 e. The van der Waals surface area contributed by atoms with Crippen molar-refractivity contribution in [3.8, 4) is 0 Å². The minimum absolute atomic E-state index is 0.0340. The third-order valence-electron chi connectivity index (χ3n) is 11.9. The minimum atomic E-state index is -1.66. The third kappa shape index (κ3) is 20.3. The molecule has 1 fully saturated rings. The maximum atomic E-state index is 14.7. The first-order chi connectivity index (χ1) is 35.8. The van der Waals surface area contributed by atoms with E-state index < -0.39 is 114 Å². The molecule has 0 saturated carbocycles. The first kappa shape index (κ1) is 61.0. The number of hydrogen-bond donors (Lipinski definition) is 14. The summed E-state index contributed by atoms with van der Waals surface area (Å²) in [6, 6.07) is 14.6. The lowest BCUT2D eigenvalue weighted by Gasteiger charge is -2.29. The zero-order chi connectivity index (χ0) is 55.0. The molecule has 1 aliphatic rings. The van der Waals surface area contributed by atoms with Crippen LogP contribution >= 0.6 is 21.6 Å². The van der Waals surface area contributed by atoms with E-state index in [2.05, 4.69) is 42.2 Å². The molecule has 1 saturated heterocycles. The number of unbranched alkanes of at least 4 members (excludes halogenated alkanes) is 1. The summed E-state index contributed by atoms with van der Waals surface area (Å²) in [5.74, 6) is -6.84. The largest absolute Gasteiger partial charge is 0.481 e. The Hall–Kier alpha value is -6.54. The zero-order valence-corrected chi connectivity index (χ0v) is 43.7. The van der Waals surface area contributed by atoms with E-state index >= 15 is 0 Å². The molecule has 2 heterocycles. The second-order valence-electron chi connectivity index (χ2n) is 18.0. The van der Waals surface area contributed by atoms with E-state index in [9.17, 15) is 48.9 Å². The number of rotatable bonds is 17. The van der Waals surface area contributed by atoms with Gasteiger partial charge in [0.15, 0.2) is 0 Å². The van der Waals surface area contributed by atoms with Crippen molar-refractivity contribution < 1.29 is 58.8 Å². The highest BCUT2D eigenvalue weighted by molar-refractivity contribution is 8.76. The second-order valence-corrected chi connectivity index (χ2v) is 20.5. The van der Waals surface area contributed by atoms with Gasteiger partial charge in [-0.2, -0.15) is 0 Å². The van der Waals surface area contributed by atoms with Crippen LogP contribution in [0.5, 0.6) is 0 Å². The molecule has 0 aliphatic carbocycles.